The van der Waals surface area contributed by atoms with Crippen LogP contribution in [0.4, 0.5) is 4.39 Å². The lowest BCUT2D eigenvalue weighted by Crippen LogP contribution is -2.31. The molecule has 1 aliphatic heterocycles. The Morgan fingerprint density at radius 3 is 2.52 bits per heavy atom. The third-order valence-corrected chi connectivity index (χ3v) is 8.43. The number of benzene rings is 4. The van der Waals surface area contributed by atoms with E-state index in [0.717, 1.165) is 49.9 Å². The molecule has 0 bridgehead atoms. The Hall–Kier alpha value is -4.59. The molecular formula is C34H25ClFN5S. The summed E-state index contributed by atoms with van der Waals surface area (Å²) in [6.07, 6.45) is 1.74. The van der Waals surface area contributed by atoms with E-state index in [1.165, 1.54) is 12.1 Å². The summed E-state index contributed by atoms with van der Waals surface area (Å²) in [5.74, 6) is -0.254. The smallest absolute Gasteiger partial charge is 0.165 e. The maximum Gasteiger partial charge on any atom is 0.165 e. The van der Waals surface area contributed by atoms with E-state index < -0.39 is 0 Å². The lowest BCUT2D eigenvalue weighted by atomic mass is 10.1. The number of thioether (sulfide) groups is 1. The van der Waals surface area contributed by atoms with Crippen molar-refractivity contribution >= 4 is 57.1 Å². The molecule has 8 heteroatoms. The molecule has 0 saturated heterocycles. The van der Waals surface area contributed by atoms with Crippen molar-refractivity contribution in [2.24, 2.45) is 5.10 Å². The van der Waals surface area contributed by atoms with Gasteiger partial charge in [0.2, 0.25) is 0 Å². The van der Waals surface area contributed by atoms with Crippen molar-refractivity contribution in [3.05, 3.63) is 142 Å². The zero-order chi connectivity index (χ0) is 28.5. The molecule has 206 valence electrons. The molecule has 0 saturated carbocycles. The van der Waals surface area contributed by atoms with Crippen molar-refractivity contribution in [1.82, 2.24) is 20.3 Å². The van der Waals surface area contributed by atoms with Crippen molar-refractivity contribution in [2.45, 2.75) is 12.0 Å². The molecule has 0 aliphatic carbocycles. The number of halogens is 2. The fourth-order valence-corrected chi connectivity index (χ4v) is 6.30. The fourth-order valence-electron chi connectivity index (χ4n) is 5.29. The second-order valence-corrected chi connectivity index (χ2v) is 11.3. The van der Waals surface area contributed by atoms with Crippen LogP contribution in [0.2, 0.25) is 5.02 Å². The van der Waals surface area contributed by atoms with Crippen molar-refractivity contribution in [1.29, 1.82) is 0 Å². The Bertz CT molecular complexity index is 1970. The van der Waals surface area contributed by atoms with E-state index in [2.05, 4.69) is 56.2 Å². The molecule has 1 unspecified atom stereocenters. The van der Waals surface area contributed by atoms with Gasteiger partial charge in [0.15, 0.2) is 5.50 Å². The summed E-state index contributed by atoms with van der Waals surface area (Å²) < 4.78 is 15.9. The Morgan fingerprint density at radius 1 is 0.929 bits per heavy atom. The number of nitrogens with one attached hydrogen (secondary N) is 2. The zero-order valence-corrected chi connectivity index (χ0v) is 23.9. The highest BCUT2D eigenvalue weighted by molar-refractivity contribution is 8.03. The Morgan fingerprint density at radius 2 is 1.69 bits per heavy atom. The summed E-state index contributed by atoms with van der Waals surface area (Å²) in [6.45, 7) is 0.555. The minimum Gasteiger partial charge on any atom is -0.355 e. The number of hydrazone groups is 1. The van der Waals surface area contributed by atoms with Crippen LogP contribution in [0.5, 0.6) is 0 Å². The normalized spacial score (nSPS) is 14.9. The van der Waals surface area contributed by atoms with Crippen LogP contribution in [0.1, 0.15) is 16.8 Å². The molecule has 0 spiro atoms. The number of rotatable bonds is 7. The maximum atomic E-state index is 13.7. The van der Waals surface area contributed by atoms with Crippen molar-refractivity contribution in [3.8, 4) is 11.3 Å². The van der Waals surface area contributed by atoms with Crippen molar-refractivity contribution < 1.29 is 4.39 Å². The molecule has 5 nitrogen and oxygen atoms in total. The van der Waals surface area contributed by atoms with E-state index in [4.69, 9.17) is 16.6 Å². The predicted octanol–water partition coefficient (Wildman–Crippen LogP) is 8.24. The van der Waals surface area contributed by atoms with Crippen molar-refractivity contribution in [3.63, 3.8) is 0 Å². The molecule has 1 atom stereocenters. The number of nitrogens with zero attached hydrogens (tertiary/aromatic N) is 3. The van der Waals surface area contributed by atoms with Gasteiger partial charge in [-0.15, -0.1) is 0 Å². The average molecular weight is 590 g/mol. The van der Waals surface area contributed by atoms with Gasteiger partial charge in [0.1, 0.15) is 5.82 Å². The highest BCUT2D eigenvalue weighted by atomic mass is 35.5. The summed E-state index contributed by atoms with van der Waals surface area (Å²) in [5.41, 5.74) is 10.6. The highest BCUT2D eigenvalue weighted by Gasteiger charge is 2.20. The van der Waals surface area contributed by atoms with E-state index in [9.17, 15) is 4.39 Å². The molecule has 1 aliphatic rings. The van der Waals surface area contributed by atoms with Gasteiger partial charge < -0.3 is 9.88 Å². The van der Waals surface area contributed by atoms with E-state index in [0.29, 0.717) is 17.3 Å². The number of aromatic nitrogens is 2. The van der Waals surface area contributed by atoms with E-state index in [1.807, 2.05) is 66.7 Å². The molecule has 0 fully saturated rings. The van der Waals surface area contributed by atoms with E-state index >= 15 is 0 Å². The topological polar surface area (TPSA) is 54.2 Å². The summed E-state index contributed by atoms with van der Waals surface area (Å²) >= 11 is 8.37. The predicted molar refractivity (Wildman–Crippen MR) is 173 cm³/mol. The van der Waals surface area contributed by atoms with Gasteiger partial charge in [-0.25, -0.2) is 9.37 Å². The summed E-state index contributed by atoms with van der Waals surface area (Å²) in [6, 6.07) is 34.9. The first-order valence-corrected chi connectivity index (χ1v) is 14.8. The molecule has 7 rings (SSSR count). The summed E-state index contributed by atoms with van der Waals surface area (Å²) in [7, 11) is 0. The highest BCUT2D eigenvalue weighted by Crippen LogP contribution is 2.38. The Kier molecular flexibility index (Phi) is 7.11. The summed E-state index contributed by atoms with van der Waals surface area (Å²) in [4.78, 5) is 5.08. The van der Waals surface area contributed by atoms with Gasteiger partial charge in [-0.2, -0.15) is 5.10 Å². The first-order valence-electron chi connectivity index (χ1n) is 13.5. The Labute approximate surface area is 251 Å². The minimum absolute atomic E-state index is 0.0964. The molecule has 0 radical (unpaired) electrons. The van der Waals surface area contributed by atoms with Crippen LogP contribution in [0.15, 0.2) is 120 Å². The van der Waals surface area contributed by atoms with Gasteiger partial charge in [0.25, 0.3) is 0 Å². The van der Waals surface area contributed by atoms with Crippen LogP contribution in [-0.2, 0) is 6.54 Å². The van der Waals surface area contributed by atoms with Crippen LogP contribution in [0.25, 0.3) is 38.8 Å². The molecule has 0 amide bonds. The molecular weight excluding hydrogens is 565 g/mol. The standard InChI is InChI=1S/C34H25ClFN5S/c35-29-12-6-4-11-27(29)32-33-28(26-10-5-7-13-31(26)41(33)20-22-14-16-24(36)17-15-22)18-25(38-32)19-37-40-34-39-30(21-42-34)23-8-2-1-3-9-23/h1-19,21,34,39-40H,20H2/b37-19+. The summed E-state index contributed by atoms with van der Waals surface area (Å²) in [5, 5.41) is 12.9. The minimum atomic E-state index is -0.254. The zero-order valence-electron chi connectivity index (χ0n) is 22.3. The number of hydrogen-bond acceptors (Lipinski definition) is 5. The van der Waals surface area contributed by atoms with Crippen LogP contribution < -0.4 is 10.7 Å². The third-order valence-electron chi connectivity index (χ3n) is 7.23. The number of pyridine rings is 1. The molecule has 2 N–H and O–H groups in total. The molecule has 6 aromatic rings. The maximum absolute atomic E-state index is 13.7. The monoisotopic (exact) mass is 589 g/mol. The van der Waals surface area contributed by atoms with E-state index in [-0.39, 0.29) is 11.3 Å². The molecule has 42 heavy (non-hydrogen) atoms. The van der Waals surface area contributed by atoms with E-state index in [1.54, 1.807) is 18.0 Å². The Balaban J connectivity index is 1.28. The average Bonchev–Trinajstić information content (AvgIpc) is 3.62. The fraction of sp³-hybridized carbons (Fsp3) is 0.0588. The van der Waals surface area contributed by atoms with Gasteiger partial charge in [-0.05, 0) is 46.9 Å². The largest absolute Gasteiger partial charge is 0.355 e. The number of hydrogen-bond donors (Lipinski definition) is 2. The molecule has 2 aromatic heterocycles. The van der Waals surface area contributed by atoms with Gasteiger partial charge in [-0.1, -0.05) is 102 Å². The first-order chi connectivity index (χ1) is 20.6. The van der Waals surface area contributed by atoms with Crippen LogP contribution >= 0.6 is 23.4 Å². The third kappa shape index (κ3) is 5.13. The second-order valence-electron chi connectivity index (χ2n) is 9.95. The molecule has 3 heterocycles. The van der Waals surface area contributed by atoms with Gasteiger partial charge in [0.05, 0.1) is 33.8 Å². The van der Waals surface area contributed by atoms with Crippen LogP contribution in [0, 0.1) is 5.82 Å². The van der Waals surface area contributed by atoms with Crippen LogP contribution in [-0.4, -0.2) is 21.3 Å². The number of fused-ring (bicyclic) bond motifs is 3. The quantitative estimate of drug-likeness (QED) is 0.145. The van der Waals surface area contributed by atoms with Gasteiger partial charge in [-0.3, -0.25) is 5.43 Å². The lowest BCUT2D eigenvalue weighted by Gasteiger charge is -2.13. The second kappa shape index (κ2) is 11.4. The lowest BCUT2D eigenvalue weighted by molar-refractivity contribution is 0.626. The first kappa shape index (κ1) is 26.3. The van der Waals surface area contributed by atoms with Gasteiger partial charge in [0, 0.05) is 28.4 Å². The molecule has 4 aromatic carbocycles. The van der Waals surface area contributed by atoms with Crippen molar-refractivity contribution in [2.75, 3.05) is 0 Å². The van der Waals surface area contributed by atoms with Gasteiger partial charge >= 0.3 is 0 Å². The van der Waals surface area contributed by atoms with Crippen LogP contribution in [0.3, 0.4) is 0 Å². The number of para-hydroxylation sites is 1. The SMILES string of the molecule is Fc1ccc(Cn2c3ccccc3c3cc(/C=N/NC4NC(c5ccccc5)=CS4)nc(-c4ccccc4Cl)c32)cc1.